The summed E-state index contributed by atoms with van der Waals surface area (Å²) in [6.07, 6.45) is 7.49. The molecule has 1 saturated carbocycles. The largest absolute Gasteiger partial charge is 0.388 e. The van der Waals surface area contributed by atoms with Crippen LogP contribution >= 0.6 is 11.6 Å². The summed E-state index contributed by atoms with van der Waals surface area (Å²) in [6, 6.07) is 1.58. The van der Waals surface area contributed by atoms with Crippen LogP contribution in [0, 0.1) is 0 Å². The molecule has 5 heteroatoms. The fourth-order valence-electron chi connectivity index (χ4n) is 2.40. The number of aromatic amines is 1. The van der Waals surface area contributed by atoms with Gasteiger partial charge in [0.2, 0.25) is 0 Å². The van der Waals surface area contributed by atoms with Gasteiger partial charge in [-0.2, -0.15) is 0 Å². The SMILES string of the molecule is O=C(NCC1(O)CCCCCC1)c1cc(Cl)c[nH]1. The molecule has 1 amide bonds. The van der Waals surface area contributed by atoms with Crippen molar-refractivity contribution in [2.24, 2.45) is 0 Å². The van der Waals surface area contributed by atoms with E-state index in [2.05, 4.69) is 10.3 Å². The van der Waals surface area contributed by atoms with Gasteiger partial charge in [0.1, 0.15) is 5.69 Å². The first-order valence-corrected chi connectivity index (χ1v) is 6.81. The Balaban J connectivity index is 1.88. The van der Waals surface area contributed by atoms with Crippen molar-refractivity contribution in [2.75, 3.05) is 6.54 Å². The molecule has 18 heavy (non-hydrogen) atoms. The quantitative estimate of drug-likeness (QED) is 0.739. The molecule has 0 atom stereocenters. The summed E-state index contributed by atoms with van der Waals surface area (Å²) in [5.41, 5.74) is -0.319. The molecule has 2 rings (SSSR count). The minimum atomic E-state index is -0.747. The van der Waals surface area contributed by atoms with Gasteiger partial charge in [0.15, 0.2) is 0 Å². The Morgan fingerprint density at radius 1 is 1.39 bits per heavy atom. The minimum absolute atomic E-state index is 0.223. The molecular formula is C13H19ClN2O2. The summed E-state index contributed by atoms with van der Waals surface area (Å²) >= 11 is 5.74. The normalized spacial score (nSPS) is 19.2. The van der Waals surface area contributed by atoms with Crippen molar-refractivity contribution >= 4 is 17.5 Å². The molecule has 0 bridgehead atoms. The molecule has 0 spiro atoms. The van der Waals surface area contributed by atoms with E-state index in [1.165, 1.54) is 12.8 Å². The molecule has 3 N–H and O–H groups in total. The Bertz CT molecular complexity index is 409. The lowest BCUT2D eigenvalue weighted by atomic mass is 9.94. The number of aliphatic hydroxyl groups is 1. The average molecular weight is 271 g/mol. The number of rotatable bonds is 3. The standard InChI is InChI=1S/C13H19ClN2O2/c14-10-7-11(15-8-10)12(17)16-9-13(18)5-3-1-2-4-6-13/h7-8,15,18H,1-6,9H2,(H,16,17). The second kappa shape index (κ2) is 5.76. The van der Waals surface area contributed by atoms with Gasteiger partial charge in [-0.05, 0) is 18.9 Å². The van der Waals surface area contributed by atoms with Crippen LogP contribution in [0.25, 0.3) is 0 Å². The van der Waals surface area contributed by atoms with Crippen LogP contribution in [0.5, 0.6) is 0 Å². The van der Waals surface area contributed by atoms with Gasteiger partial charge in [-0.25, -0.2) is 0 Å². The Morgan fingerprint density at radius 2 is 2.06 bits per heavy atom. The van der Waals surface area contributed by atoms with Gasteiger partial charge in [-0.1, -0.05) is 37.3 Å². The smallest absolute Gasteiger partial charge is 0.267 e. The molecule has 1 fully saturated rings. The van der Waals surface area contributed by atoms with Crippen LogP contribution in [0.3, 0.4) is 0 Å². The van der Waals surface area contributed by atoms with Crippen LogP contribution in [0.4, 0.5) is 0 Å². The van der Waals surface area contributed by atoms with Crippen molar-refractivity contribution in [3.63, 3.8) is 0 Å². The van der Waals surface area contributed by atoms with Gasteiger partial charge in [0.25, 0.3) is 5.91 Å². The van der Waals surface area contributed by atoms with E-state index < -0.39 is 5.60 Å². The second-order valence-electron chi connectivity index (χ2n) is 5.05. The van der Waals surface area contributed by atoms with Gasteiger partial charge in [0.05, 0.1) is 10.6 Å². The fraction of sp³-hybridized carbons (Fsp3) is 0.615. The number of carbonyl (C=O) groups is 1. The van der Waals surface area contributed by atoms with Crippen LogP contribution < -0.4 is 5.32 Å². The van der Waals surface area contributed by atoms with Crippen molar-refractivity contribution < 1.29 is 9.90 Å². The summed E-state index contributed by atoms with van der Waals surface area (Å²) in [5, 5.41) is 13.7. The number of aromatic nitrogens is 1. The van der Waals surface area contributed by atoms with Crippen molar-refractivity contribution in [3.8, 4) is 0 Å². The monoisotopic (exact) mass is 270 g/mol. The highest BCUT2D eigenvalue weighted by Gasteiger charge is 2.28. The van der Waals surface area contributed by atoms with Crippen molar-refractivity contribution in [1.82, 2.24) is 10.3 Å². The number of hydrogen-bond acceptors (Lipinski definition) is 2. The highest BCUT2D eigenvalue weighted by molar-refractivity contribution is 6.30. The molecule has 1 aromatic rings. The molecule has 0 aromatic carbocycles. The summed E-state index contributed by atoms with van der Waals surface area (Å²) in [4.78, 5) is 14.6. The molecular weight excluding hydrogens is 252 g/mol. The predicted octanol–water partition coefficient (Wildman–Crippen LogP) is 2.48. The van der Waals surface area contributed by atoms with Crippen LogP contribution in [-0.4, -0.2) is 28.1 Å². The Labute approximate surface area is 112 Å². The van der Waals surface area contributed by atoms with E-state index in [1.54, 1.807) is 12.3 Å². The van der Waals surface area contributed by atoms with Gasteiger partial charge >= 0.3 is 0 Å². The van der Waals surface area contributed by atoms with Crippen molar-refractivity contribution in [1.29, 1.82) is 0 Å². The molecule has 4 nitrogen and oxygen atoms in total. The lowest BCUT2D eigenvalue weighted by Crippen LogP contribution is -2.42. The van der Waals surface area contributed by atoms with Crippen LogP contribution in [-0.2, 0) is 0 Å². The third-order valence-electron chi connectivity index (χ3n) is 3.50. The van der Waals surface area contributed by atoms with Gasteiger partial charge in [-0.3, -0.25) is 4.79 Å². The maximum absolute atomic E-state index is 11.8. The number of amides is 1. The molecule has 100 valence electrons. The maximum Gasteiger partial charge on any atom is 0.267 e. The molecule has 0 saturated heterocycles. The van der Waals surface area contributed by atoms with Gasteiger partial charge in [0, 0.05) is 12.7 Å². The number of hydrogen-bond donors (Lipinski definition) is 3. The third-order valence-corrected chi connectivity index (χ3v) is 3.72. The van der Waals surface area contributed by atoms with E-state index >= 15 is 0 Å². The van der Waals surface area contributed by atoms with Crippen LogP contribution in [0.1, 0.15) is 49.0 Å². The average Bonchev–Trinajstić information content (AvgIpc) is 2.66. The predicted molar refractivity (Wildman–Crippen MR) is 70.8 cm³/mol. The molecule has 0 unspecified atom stereocenters. The van der Waals surface area contributed by atoms with Crippen molar-refractivity contribution in [2.45, 2.75) is 44.1 Å². The summed E-state index contributed by atoms with van der Waals surface area (Å²) in [5.74, 6) is -0.223. The minimum Gasteiger partial charge on any atom is -0.388 e. The first-order chi connectivity index (χ1) is 8.59. The van der Waals surface area contributed by atoms with Crippen LogP contribution in [0.15, 0.2) is 12.3 Å². The topological polar surface area (TPSA) is 65.1 Å². The Kier molecular flexibility index (Phi) is 4.30. The molecule has 1 heterocycles. The van der Waals surface area contributed by atoms with E-state index in [9.17, 15) is 9.90 Å². The Hall–Kier alpha value is -1.00. The molecule has 0 radical (unpaired) electrons. The maximum atomic E-state index is 11.8. The lowest BCUT2D eigenvalue weighted by Gasteiger charge is -2.26. The number of H-pyrrole nitrogens is 1. The summed E-state index contributed by atoms with van der Waals surface area (Å²) in [7, 11) is 0. The highest BCUT2D eigenvalue weighted by Crippen LogP contribution is 2.26. The second-order valence-corrected chi connectivity index (χ2v) is 5.49. The van der Waals surface area contributed by atoms with Gasteiger partial charge in [-0.15, -0.1) is 0 Å². The number of nitrogens with one attached hydrogen (secondary N) is 2. The van der Waals surface area contributed by atoms with E-state index in [4.69, 9.17) is 11.6 Å². The zero-order valence-electron chi connectivity index (χ0n) is 10.3. The van der Waals surface area contributed by atoms with Crippen LogP contribution in [0.2, 0.25) is 5.02 Å². The molecule has 1 aromatic heterocycles. The zero-order valence-corrected chi connectivity index (χ0v) is 11.1. The first-order valence-electron chi connectivity index (χ1n) is 6.44. The van der Waals surface area contributed by atoms with Gasteiger partial charge < -0.3 is 15.4 Å². The Morgan fingerprint density at radius 3 is 2.61 bits per heavy atom. The fourth-order valence-corrected chi connectivity index (χ4v) is 2.57. The molecule has 1 aliphatic rings. The number of carbonyl (C=O) groups excluding carboxylic acids is 1. The summed E-state index contributed by atoms with van der Waals surface area (Å²) < 4.78 is 0. The number of halogens is 1. The highest BCUT2D eigenvalue weighted by atomic mass is 35.5. The molecule has 0 aliphatic heterocycles. The van der Waals surface area contributed by atoms with E-state index in [-0.39, 0.29) is 5.91 Å². The summed E-state index contributed by atoms with van der Waals surface area (Å²) in [6.45, 7) is 0.308. The molecule has 1 aliphatic carbocycles. The first kappa shape index (κ1) is 13.4. The van der Waals surface area contributed by atoms with E-state index in [0.717, 1.165) is 25.7 Å². The van der Waals surface area contributed by atoms with E-state index in [1.807, 2.05) is 0 Å². The van der Waals surface area contributed by atoms with E-state index in [0.29, 0.717) is 17.3 Å². The zero-order chi connectivity index (χ0) is 13.0. The third kappa shape index (κ3) is 3.50. The van der Waals surface area contributed by atoms with Crippen molar-refractivity contribution in [3.05, 3.63) is 23.0 Å². The lowest BCUT2D eigenvalue weighted by molar-refractivity contribution is 0.0246.